The zero-order valence-electron chi connectivity index (χ0n) is 17.4. The van der Waals surface area contributed by atoms with Gasteiger partial charge in [-0.15, -0.1) is 0 Å². The number of hydrogen-bond donors (Lipinski definition) is 1. The summed E-state index contributed by atoms with van der Waals surface area (Å²) >= 11 is 0. The Balaban J connectivity index is 1.54. The second-order valence-electron chi connectivity index (χ2n) is 8.41. The highest BCUT2D eigenvalue weighted by Gasteiger charge is 2.42. The van der Waals surface area contributed by atoms with Crippen LogP contribution in [0.5, 0.6) is 0 Å². The molecule has 1 N–H and O–H groups in total. The number of rotatable bonds is 6. The SMILES string of the molecule is COCCC1(c2noc(-c3ccc(F)cc3)n2)CCCN(C(=O)NC2CCCC2)C1. The van der Waals surface area contributed by atoms with E-state index >= 15 is 0 Å². The van der Waals surface area contributed by atoms with E-state index in [1.54, 1.807) is 19.2 Å². The summed E-state index contributed by atoms with van der Waals surface area (Å²) in [6, 6.07) is 6.26. The maximum atomic E-state index is 13.2. The topological polar surface area (TPSA) is 80.5 Å². The maximum absolute atomic E-state index is 13.2. The maximum Gasteiger partial charge on any atom is 0.317 e. The number of piperidine rings is 1. The van der Waals surface area contributed by atoms with E-state index in [9.17, 15) is 9.18 Å². The first kappa shape index (κ1) is 20.8. The number of methoxy groups -OCH3 is 1. The molecule has 2 amide bonds. The minimum Gasteiger partial charge on any atom is -0.385 e. The normalized spacial score (nSPS) is 22.4. The van der Waals surface area contributed by atoms with Crippen LogP contribution in [0.4, 0.5) is 9.18 Å². The monoisotopic (exact) mass is 416 g/mol. The second kappa shape index (κ2) is 9.12. The largest absolute Gasteiger partial charge is 0.385 e. The molecule has 2 heterocycles. The van der Waals surface area contributed by atoms with Crippen LogP contribution in [0.2, 0.25) is 0 Å². The first-order valence-electron chi connectivity index (χ1n) is 10.7. The van der Waals surface area contributed by atoms with Gasteiger partial charge in [-0.05, 0) is 56.4 Å². The van der Waals surface area contributed by atoms with Crippen molar-refractivity contribution in [3.05, 3.63) is 35.9 Å². The summed E-state index contributed by atoms with van der Waals surface area (Å²) in [5.74, 6) is 0.623. The highest BCUT2D eigenvalue weighted by atomic mass is 19.1. The highest BCUT2D eigenvalue weighted by molar-refractivity contribution is 5.75. The molecule has 4 rings (SSSR count). The van der Waals surface area contributed by atoms with Gasteiger partial charge < -0.3 is 19.5 Å². The Morgan fingerprint density at radius 3 is 2.80 bits per heavy atom. The van der Waals surface area contributed by atoms with Crippen LogP contribution in [0.25, 0.3) is 11.5 Å². The molecule has 2 aliphatic rings. The van der Waals surface area contributed by atoms with E-state index in [1.807, 2.05) is 4.90 Å². The minimum absolute atomic E-state index is 0.00866. The molecular formula is C22H29FN4O3. The minimum atomic E-state index is -0.428. The lowest BCUT2D eigenvalue weighted by Gasteiger charge is -2.41. The van der Waals surface area contributed by atoms with Crippen LogP contribution in [-0.4, -0.2) is 53.9 Å². The summed E-state index contributed by atoms with van der Waals surface area (Å²) in [5, 5.41) is 7.45. The molecule has 0 spiro atoms. The smallest absolute Gasteiger partial charge is 0.317 e. The van der Waals surface area contributed by atoms with Gasteiger partial charge in [0.1, 0.15) is 5.82 Å². The van der Waals surface area contributed by atoms with Crippen molar-refractivity contribution < 1.29 is 18.4 Å². The van der Waals surface area contributed by atoms with Gasteiger partial charge in [0.15, 0.2) is 5.82 Å². The molecule has 7 nitrogen and oxygen atoms in total. The van der Waals surface area contributed by atoms with Gasteiger partial charge in [0.2, 0.25) is 0 Å². The number of nitrogens with zero attached hydrogens (tertiary/aromatic N) is 3. The van der Waals surface area contributed by atoms with E-state index < -0.39 is 5.41 Å². The predicted molar refractivity (Wildman–Crippen MR) is 109 cm³/mol. The van der Waals surface area contributed by atoms with Gasteiger partial charge in [0.25, 0.3) is 5.89 Å². The third-order valence-corrected chi connectivity index (χ3v) is 6.32. The fourth-order valence-electron chi connectivity index (χ4n) is 4.59. The van der Waals surface area contributed by atoms with Gasteiger partial charge >= 0.3 is 6.03 Å². The van der Waals surface area contributed by atoms with E-state index in [-0.39, 0.29) is 17.9 Å². The first-order chi connectivity index (χ1) is 14.6. The number of amides is 2. The van der Waals surface area contributed by atoms with Gasteiger partial charge in [-0.2, -0.15) is 4.98 Å². The van der Waals surface area contributed by atoms with Gasteiger partial charge in [-0.1, -0.05) is 18.0 Å². The van der Waals surface area contributed by atoms with Crippen LogP contribution in [0, 0.1) is 5.82 Å². The lowest BCUT2D eigenvalue weighted by Crippen LogP contribution is -2.53. The number of ether oxygens (including phenoxy) is 1. The fourth-order valence-corrected chi connectivity index (χ4v) is 4.59. The number of likely N-dealkylation sites (tertiary alicyclic amines) is 1. The highest BCUT2D eigenvalue weighted by Crippen LogP contribution is 2.37. The Kier molecular flexibility index (Phi) is 6.32. The molecular weight excluding hydrogens is 387 g/mol. The molecule has 1 aliphatic heterocycles. The van der Waals surface area contributed by atoms with Gasteiger partial charge in [-0.3, -0.25) is 0 Å². The number of aromatic nitrogens is 2. The Bertz CT molecular complexity index is 850. The Hall–Kier alpha value is -2.48. The number of nitrogens with one attached hydrogen (secondary N) is 1. The molecule has 2 fully saturated rings. The van der Waals surface area contributed by atoms with Crippen molar-refractivity contribution in [1.29, 1.82) is 0 Å². The molecule has 1 saturated heterocycles. The van der Waals surface area contributed by atoms with Crippen LogP contribution in [0.1, 0.15) is 50.8 Å². The number of hydrogen-bond acceptors (Lipinski definition) is 5. The predicted octanol–water partition coefficient (Wildman–Crippen LogP) is 3.90. The zero-order chi connectivity index (χ0) is 21.0. The number of benzene rings is 1. The summed E-state index contributed by atoms with van der Waals surface area (Å²) in [4.78, 5) is 19.4. The average Bonchev–Trinajstić information content (AvgIpc) is 3.45. The lowest BCUT2D eigenvalue weighted by atomic mass is 9.76. The van der Waals surface area contributed by atoms with Gasteiger partial charge in [0.05, 0.1) is 5.41 Å². The lowest BCUT2D eigenvalue weighted by molar-refractivity contribution is 0.105. The molecule has 2 aromatic rings. The van der Waals surface area contributed by atoms with Crippen molar-refractivity contribution in [2.45, 2.75) is 56.4 Å². The van der Waals surface area contributed by atoms with Crippen molar-refractivity contribution in [3.63, 3.8) is 0 Å². The molecule has 1 aliphatic carbocycles. The summed E-state index contributed by atoms with van der Waals surface area (Å²) in [5.41, 5.74) is 0.243. The number of carbonyl (C=O) groups excluding carboxylic acids is 1. The van der Waals surface area contributed by atoms with Crippen molar-refractivity contribution in [2.75, 3.05) is 26.8 Å². The first-order valence-corrected chi connectivity index (χ1v) is 10.7. The molecule has 1 unspecified atom stereocenters. The molecule has 1 aromatic heterocycles. The van der Waals surface area contributed by atoms with Gasteiger partial charge in [-0.25, -0.2) is 9.18 Å². The van der Waals surface area contributed by atoms with Crippen LogP contribution in [0.15, 0.2) is 28.8 Å². The van der Waals surface area contributed by atoms with E-state index in [2.05, 4.69) is 15.5 Å². The van der Waals surface area contributed by atoms with E-state index in [0.717, 1.165) is 32.2 Å². The summed E-state index contributed by atoms with van der Waals surface area (Å²) in [6.45, 7) is 1.78. The number of halogens is 1. The molecule has 30 heavy (non-hydrogen) atoms. The third-order valence-electron chi connectivity index (χ3n) is 6.32. The van der Waals surface area contributed by atoms with Gasteiger partial charge in [0, 0.05) is 38.4 Å². The van der Waals surface area contributed by atoms with Crippen molar-refractivity contribution in [2.24, 2.45) is 0 Å². The summed E-state index contributed by atoms with van der Waals surface area (Å²) in [7, 11) is 1.67. The second-order valence-corrected chi connectivity index (χ2v) is 8.41. The zero-order valence-corrected chi connectivity index (χ0v) is 17.4. The van der Waals surface area contributed by atoms with Crippen LogP contribution in [-0.2, 0) is 10.2 Å². The van der Waals surface area contributed by atoms with Crippen LogP contribution >= 0.6 is 0 Å². The molecule has 1 saturated carbocycles. The van der Waals surface area contributed by atoms with Crippen LogP contribution < -0.4 is 5.32 Å². The van der Waals surface area contributed by atoms with Crippen molar-refractivity contribution in [3.8, 4) is 11.5 Å². The van der Waals surface area contributed by atoms with E-state index in [1.165, 1.54) is 25.0 Å². The molecule has 8 heteroatoms. The Morgan fingerprint density at radius 2 is 2.07 bits per heavy atom. The molecule has 0 bridgehead atoms. The summed E-state index contributed by atoms with van der Waals surface area (Å²) in [6.07, 6.45) is 6.88. The molecule has 0 radical (unpaired) electrons. The standard InChI is InChI=1S/C22H29FN4O3/c1-29-14-12-22(20-25-19(30-26-20)16-7-9-17(23)10-8-16)11-4-13-27(15-22)21(28)24-18-5-2-3-6-18/h7-10,18H,2-6,11-15H2,1H3,(H,24,28). The third kappa shape index (κ3) is 4.48. The Morgan fingerprint density at radius 1 is 1.30 bits per heavy atom. The van der Waals surface area contributed by atoms with E-state index in [4.69, 9.17) is 9.26 Å². The van der Waals surface area contributed by atoms with E-state index in [0.29, 0.717) is 36.9 Å². The average molecular weight is 416 g/mol. The Labute approximate surface area is 176 Å². The number of urea groups is 1. The summed E-state index contributed by atoms with van der Waals surface area (Å²) < 4.78 is 24.1. The molecule has 1 atom stereocenters. The molecule has 162 valence electrons. The van der Waals surface area contributed by atoms with Crippen molar-refractivity contribution >= 4 is 6.03 Å². The molecule has 1 aromatic carbocycles. The van der Waals surface area contributed by atoms with Crippen molar-refractivity contribution in [1.82, 2.24) is 20.4 Å². The quantitative estimate of drug-likeness (QED) is 0.773. The number of carbonyl (C=O) groups is 1. The van der Waals surface area contributed by atoms with Crippen LogP contribution in [0.3, 0.4) is 0 Å². The fraction of sp³-hybridized carbons (Fsp3) is 0.591.